The normalized spacial score (nSPS) is 12.2. The van der Waals surface area contributed by atoms with Gasteiger partial charge in [-0.05, 0) is 50.1 Å². The van der Waals surface area contributed by atoms with Gasteiger partial charge in [-0.1, -0.05) is 12.1 Å². The van der Waals surface area contributed by atoms with Crippen molar-refractivity contribution in [2.75, 3.05) is 11.1 Å². The molecule has 0 saturated carbocycles. The minimum absolute atomic E-state index is 0.208. The fraction of sp³-hybridized carbons (Fsp3) is 0.267. The molecule has 0 spiro atoms. The lowest BCUT2D eigenvalue weighted by atomic mass is 10.1. The number of rotatable bonds is 4. The molecule has 3 N–H and O–H groups in total. The van der Waals surface area contributed by atoms with E-state index in [0.29, 0.717) is 5.69 Å². The fourth-order valence-electron chi connectivity index (χ4n) is 1.93. The molecular weight excluding hydrogens is 241 g/mol. The van der Waals surface area contributed by atoms with Crippen LogP contribution in [0.3, 0.4) is 0 Å². The average molecular weight is 259 g/mol. The predicted octanol–water partition coefficient (Wildman–Crippen LogP) is 3.15. The van der Waals surface area contributed by atoms with Gasteiger partial charge in [0.2, 0.25) is 0 Å². The van der Waals surface area contributed by atoms with Gasteiger partial charge in [0.25, 0.3) is 0 Å². The second-order valence-electron chi connectivity index (χ2n) is 4.75. The van der Waals surface area contributed by atoms with Gasteiger partial charge in [-0.15, -0.1) is 0 Å². The molecule has 1 heterocycles. The van der Waals surface area contributed by atoms with Crippen molar-refractivity contribution in [3.63, 3.8) is 0 Å². The van der Waals surface area contributed by atoms with Gasteiger partial charge < -0.3 is 11.1 Å². The molecule has 19 heavy (non-hydrogen) atoms. The van der Waals surface area contributed by atoms with Gasteiger partial charge in [0.1, 0.15) is 11.6 Å². The molecule has 0 aliphatic rings. The molecule has 0 amide bonds. The summed E-state index contributed by atoms with van der Waals surface area (Å²) in [6, 6.07) is 10.5. The number of aromatic nitrogens is 1. The number of hydrogen-bond donors (Lipinski definition) is 2. The van der Waals surface area contributed by atoms with Crippen LogP contribution in [-0.4, -0.2) is 11.0 Å². The number of nitrogen functional groups attached to an aromatic ring is 1. The van der Waals surface area contributed by atoms with Crippen LogP contribution in [0.2, 0.25) is 0 Å². The number of nitrogens with two attached hydrogens (primary N) is 1. The van der Waals surface area contributed by atoms with Crippen molar-refractivity contribution in [2.45, 2.75) is 26.3 Å². The lowest BCUT2D eigenvalue weighted by molar-refractivity contribution is 0.626. The molecule has 0 radical (unpaired) electrons. The van der Waals surface area contributed by atoms with Crippen LogP contribution in [0.25, 0.3) is 0 Å². The smallest absolute Gasteiger partial charge is 0.126 e. The standard InChI is InChI=1S/C15H18FN3/c1-10(9-12-3-5-13(16)6-4-12)18-15-8-7-14(17)11(2)19-15/h3-8,10H,9,17H2,1-2H3,(H,18,19). The summed E-state index contributed by atoms with van der Waals surface area (Å²) in [5.41, 5.74) is 8.33. The van der Waals surface area contributed by atoms with E-state index in [1.807, 2.05) is 19.1 Å². The van der Waals surface area contributed by atoms with Crippen LogP contribution in [0.4, 0.5) is 15.9 Å². The van der Waals surface area contributed by atoms with E-state index in [1.54, 1.807) is 12.1 Å². The summed E-state index contributed by atoms with van der Waals surface area (Å²) in [5.74, 6) is 0.599. The summed E-state index contributed by atoms with van der Waals surface area (Å²) in [7, 11) is 0. The minimum Gasteiger partial charge on any atom is -0.397 e. The SMILES string of the molecule is Cc1nc(NC(C)Cc2ccc(F)cc2)ccc1N. The Morgan fingerprint density at radius 3 is 2.53 bits per heavy atom. The average Bonchev–Trinajstić information content (AvgIpc) is 2.37. The van der Waals surface area contributed by atoms with E-state index in [1.165, 1.54) is 12.1 Å². The van der Waals surface area contributed by atoms with Crippen molar-refractivity contribution in [3.8, 4) is 0 Å². The third-order valence-electron chi connectivity index (χ3n) is 2.98. The highest BCUT2D eigenvalue weighted by atomic mass is 19.1. The molecule has 0 bridgehead atoms. The van der Waals surface area contributed by atoms with Gasteiger partial charge in [0.05, 0.1) is 11.4 Å². The molecule has 2 rings (SSSR count). The Balaban J connectivity index is 1.98. The number of pyridine rings is 1. The molecule has 1 aromatic carbocycles. The molecule has 2 aromatic rings. The molecule has 1 aromatic heterocycles. The largest absolute Gasteiger partial charge is 0.397 e. The molecule has 4 heteroatoms. The van der Waals surface area contributed by atoms with Crippen LogP contribution in [0, 0.1) is 12.7 Å². The third-order valence-corrected chi connectivity index (χ3v) is 2.98. The summed E-state index contributed by atoms with van der Waals surface area (Å²) >= 11 is 0. The maximum absolute atomic E-state index is 12.8. The number of halogens is 1. The minimum atomic E-state index is -0.208. The molecule has 0 aliphatic carbocycles. The molecule has 0 saturated heterocycles. The third kappa shape index (κ3) is 3.68. The highest BCUT2D eigenvalue weighted by molar-refractivity contribution is 5.49. The summed E-state index contributed by atoms with van der Waals surface area (Å²) in [6.07, 6.45) is 0.811. The lowest BCUT2D eigenvalue weighted by Crippen LogP contribution is -2.19. The first-order valence-corrected chi connectivity index (χ1v) is 6.28. The Hall–Kier alpha value is -2.10. The quantitative estimate of drug-likeness (QED) is 0.886. The second kappa shape index (κ2) is 5.69. The Morgan fingerprint density at radius 1 is 1.21 bits per heavy atom. The zero-order chi connectivity index (χ0) is 13.8. The number of nitrogens with one attached hydrogen (secondary N) is 1. The first-order chi connectivity index (χ1) is 9.04. The van der Waals surface area contributed by atoms with Crippen LogP contribution in [0.1, 0.15) is 18.2 Å². The zero-order valence-electron chi connectivity index (χ0n) is 11.2. The molecule has 0 aliphatic heterocycles. The Labute approximate surface area is 112 Å². The molecule has 0 fully saturated rings. The van der Waals surface area contributed by atoms with Gasteiger partial charge in [0, 0.05) is 6.04 Å². The monoisotopic (exact) mass is 259 g/mol. The van der Waals surface area contributed by atoms with Crippen molar-refractivity contribution < 1.29 is 4.39 Å². The van der Waals surface area contributed by atoms with Crippen LogP contribution in [0.15, 0.2) is 36.4 Å². The highest BCUT2D eigenvalue weighted by Gasteiger charge is 2.05. The van der Waals surface area contributed by atoms with Crippen molar-refractivity contribution in [1.82, 2.24) is 4.98 Å². The van der Waals surface area contributed by atoms with Crippen molar-refractivity contribution in [1.29, 1.82) is 0 Å². The number of benzene rings is 1. The van der Waals surface area contributed by atoms with Crippen molar-refractivity contribution in [3.05, 3.63) is 53.5 Å². The Bertz CT molecular complexity index is 552. The van der Waals surface area contributed by atoms with Crippen LogP contribution >= 0.6 is 0 Å². The number of anilines is 2. The van der Waals surface area contributed by atoms with Gasteiger partial charge >= 0.3 is 0 Å². The lowest BCUT2D eigenvalue weighted by Gasteiger charge is -2.15. The van der Waals surface area contributed by atoms with Gasteiger partial charge in [-0.2, -0.15) is 0 Å². The summed E-state index contributed by atoms with van der Waals surface area (Å²) in [4.78, 5) is 4.37. The van der Waals surface area contributed by atoms with Crippen molar-refractivity contribution >= 4 is 11.5 Å². The number of aryl methyl sites for hydroxylation is 1. The van der Waals surface area contributed by atoms with Crippen LogP contribution < -0.4 is 11.1 Å². The Morgan fingerprint density at radius 2 is 1.89 bits per heavy atom. The number of hydrogen-bond acceptors (Lipinski definition) is 3. The van der Waals surface area contributed by atoms with E-state index in [-0.39, 0.29) is 11.9 Å². The molecule has 1 unspecified atom stereocenters. The van der Waals surface area contributed by atoms with Gasteiger partial charge in [-0.25, -0.2) is 9.37 Å². The van der Waals surface area contributed by atoms with E-state index in [4.69, 9.17) is 5.73 Å². The first-order valence-electron chi connectivity index (χ1n) is 6.28. The van der Waals surface area contributed by atoms with E-state index >= 15 is 0 Å². The van der Waals surface area contributed by atoms with Crippen LogP contribution in [-0.2, 0) is 6.42 Å². The van der Waals surface area contributed by atoms with E-state index in [2.05, 4.69) is 17.2 Å². The maximum atomic E-state index is 12.8. The molecular formula is C15H18FN3. The second-order valence-corrected chi connectivity index (χ2v) is 4.75. The number of nitrogens with zero attached hydrogens (tertiary/aromatic N) is 1. The summed E-state index contributed by atoms with van der Waals surface area (Å²) < 4.78 is 12.8. The summed E-state index contributed by atoms with van der Waals surface area (Å²) in [5, 5.41) is 3.31. The predicted molar refractivity (Wildman–Crippen MR) is 76.6 cm³/mol. The zero-order valence-corrected chi connectivity index (χ0v) is 11.2. The van der Waals surface area contributed by atoms with Crippen molar-refractivity contribution in [2.24, 2.45) is 0 Å². The Kier molecular flexibility index (Phi) is 4.00. The summed E-state index contributed by atoms with van der Waals surface area (Å²) in [6.45, 7) is 3.95. The van der Waals surface area contributed by atoms with Crippen LogP contribution in [0.5, 0.6) is 0 Å². The van der Waals surface area contributed by atoms with Gasteiger partial charge in [-0.3, -0.25) is 0 Å². The molecule has 3 nitrogen and oxygen atoms in total. The fourth-order valence-corrected chi connectivity index (χ4v) is 1.93. The van der Waals surface area contributed by atoms with E-state index in [9.17, 15) is 4.39 Å². The van der Waals surface area contributed by atoms with E-state index in [0.717, 1.165) is 23.5 Å². The van der Waals surface area contributed by atoms with E-state index < -0.39 is 0 Å². The maximum Gasteiger partial charge on any atom is 0.126 e. The topological polar surface area (TPSA) is 50.9 Å². The molecule has 1 atom stereocenters. The highest BCUT2D eigenvalue weighted by Crippen LogP contribution is 2.14. The molecule has 100 valence electrons. The van der Waals surface area contributed by atoms with Gasteiger partial charge in [0.15, 0.2) is 0 Å². The first kappa shape index (κ1) is 13.3.